The summed E-state index contributed by atoms with van der Waals surface area (Å²) in [6.07, 6.45) is 9.23. The summed E-state index contributed by atoms with van der Waals surface area (Å²) in [4.78, 5) is 38.0. The third kappa shape index (κ3) is 16.3. The molecule has 0 aliphatic heterocycles. The summed E-state index contributed by atoms with van der Waals surface area (Å²) in [7, 11) is 0. The van der Waals surface area contributed by atoms with Crippen molar-refractivity contribution < 1.29 is 78.9 Å². The maximum Gasteiger partial charge on any atom is 1.00 e. The van der Waals surface area contributed by atoms with Crippen LogP contribution in [0.15, 0.2) is 54.1 Å². The zero-order chi connectivity index (χ0) is 41.3. The number of carboxylic acids is 1. The van der Waals surface area contributed by atoms with Gasteiger partial charge in [-0.2, -0.15) is 0 Å². The normalized spacial score (nSPS) is 23.9. The molecule has 3 aliphatic carbocycles. The Balaban J connectivity index is 0.000000566. The predicted molar refractivity (Wildman–Crippen MR) is 219 cm³/mol. The van der Waals surface area contributed by atoms with E-state index in [1.54, 1.807) is 0 Å². The van der Waals surface area contributed by atoms with Gasteiger partial charge in [-0.1, -0.05) is 114 Å². The van der Waals surface area contributed by atoms with Crippen molar-refractivity contribution >= 4 is 30.3 Å². The number of benzene rings is 1. The van der Waals surface area contributed by atoms with Crippen molar-refractivity contribution in [2.24, 2.45) is 29.6 Å². The van der Waals surface area contributed by atoms with E-state index in [-0.39, 0.29) is 90.6 Å². The van der Waals surface area contributed by atoms with E-state index >= 15 is 0 Å². The van der Waals surface area contributed by atoms with Gasteiger partial charge in [-0.15, -0.1) is 12.4 Å². The van der Waals surface area contributed by atoms with E-state index in [1.165, 1.54) is 0 Å². The van der Waals surface area contributed by atoms with Crippen molar-refractivity contribution in [3.8, 4) is 11.8 Å². The number of carbonyl (C=O) groups is 3. The number of esters is 2. The molecule has 1 saturated carbocycles. The van der Waals surface area contributed by atoms with Gasteiger partial charge in [-0.3, -0.25) is 9.69 Å². The topological polar surface area (TPSA) is 177 Å². The summed E-state index contributed by atoms with van der Waals surface area (Å²) in [5, 5.41) is 52.2. The monoisotopic (exact) mass is 839 g/mol. The minimum atomic E-state index is -1.58. The number of fused-ring (bicyclic) bond motifs is 1. The Kier molecular flexibility index (Phi) is 25.6. The Labute approximate surface area is 374 Å². The first-order chi connectivity index (χ1) is 26.7. The number of hydrogen-bond donors (Lipinski definition) is 4. The summed E-state index contributed by atoms with van der Waals surface area (Å²) < 4.78 is 11.2. The summed E-state index contributed by atoms with van der Waals surface area (Å²) in [6, 6.07) is 9.19. The second kappa shape index (κ2) is 27.6. The zero-order valence-electron chi connectivity index (χ0n) is 35.5. The van der Waals surface area contributed by atoms with Crippen molar-refractivity contribution in [1.82, 2.24) is 4.90 Å². The Morgan fingerprint density at radius 1 is 1.02 bits per heavy atom. The van der Waals surface area contributed by atoms with Crippen LogP contribution in [0.5, 0.6) is 0 Å². The molecule has 4 N–H and O–H groups in total. The molecular weight excluding hydrogens is 773 g/mol. The molecule has 0 spiro atoms. The van der Waals surface area contributed by atoms with Gasteiger partial charge in [0.1, 0.15) is 6.10 Å². The molecule has 0 bridgehead atoms. The van der Waals surface area contributed by atoms with E-state index in [4.69, 9.17) is 9.47 Å². The molecule has 1 fully saturated rings. The Hall–Kier alpha value is -2.24. The zero-order valence-corrected chi connectivity index (χ0v) is 38.3. The van der Waals surface area contributed by atoms with Crippen LogP contribution in [0.4, 0.5) is 0 Å². The average Bonchev–Trinajstić information content (AvgIpc) is 3.18. The number of carbonyl (C=O) groups excluding carboxylic acids is 3. The van der Waals surface area contributed by atoms with Gasteiger partial charge in [-0.05, 0) is 74.6 Å². The SMILES string of the molecule is CCN(CC)CC#CCOC(=O)C(O)(c1ccccc1)C1CCCCC1.CC[C@H](C)C(=O)O[C@H]1C[C@H](O)C=C2C=C[C@H](C)[C@H](CC[C@@H](O)C[C@@H](O)CC(=O)[O-])[C@H]21.Cl.[Na+]. The Morgan fingerprint density at radius 2 is 1.67 bits per heavy atom. The van der Waals surface area contributed by atoms with Crippen LogP contribution in [0.2, 0.25) is 0 Å². The number of aliphatic hydroxyl groups is 4. The molecule has 0 heterocycles. The third-order valence-electron chi connectivity index (χ3n) is 11.8. The van der Waals surface area contributed by atoms with Crippen molar-refractivity contribution in [3.63, 3.8) is 0 Å². The smallest absolute Gasteiger partial charge is 0.550 e. The second-order valence-corrected chi connectivity index (χ2v) is 15.7. The van der Waals surface area contributed by atoms with Gasteiger partial charge in [0.2, 0.25) is 0 Å². The maximum absolute atomic E-state index is 12.8. The molecule has 1 aromatic rings. The van der Waals surface area contributed by atoms with Crippen LogP contribution in [0, 0.1) is 41.4 Å². The fraction of sp³-hybridized carbons (Fsp3) is 0.667. The standard InChI is InChI=1S/C23H36O7.C22H31NO3.ClH.Na/c1-4-13(2)23(29)30-20-11-17(25)9-15-6-5-14(3)19(22(15)20)8-7-16(24)10-18(26)12-21(27)28;1-3-23(4-2)17-11-12-18-26-21(24)22(25,19-13-7-5-8-14-19)20-15-9-6-10-16-20;;/h5-6,9,13-14,16-20,22,24-26H,4,7-8,10-12H2,1-3H3,(H,27,28);5,7-8,13-14,20,25H,3-4,6,9-10,15-18H2,1-2H3;1H;/q;;;+1/p-1/t13-,14-,16+,17+,18+,19-,20-,22-;;;/m0.../s1. The fourth-order valence-corrected chi connectivity index (χ4v) is 8.12. The molecule has 4 rings (SSSR count). The number of aliphatic carboxylic acids is 1. The van der Waals surface area contributed by atoms with E-state index in [9.17, 15) is 39.9 Å². The summed E-state index contributed by atoms with van der Waals surface area (Å²) >= 11 is 0. The second-order valence-electron chi connectivity index (χ2n) is 15.7. The molecule has 3 aliphatic rings. The largest absolute Gasteiger partial charge is 1.00 e. The number of halogens is 1. The van der Waals surface area contributed by atoms with Crippen LogP contribution in [-0.4, -0.2) is 93.9 Å². The maximum atomic E-state index is 12.8. The van der Waals surface area contributed by atoms with Gasteiger partial charge >= 0.3 is 41.5 Å². The van der Waals surface area contributed by atoms with Gasteiger partial charge in [0.15, 0.2) is 12.2 Å². The minimum absolute atomic E-state index is 0. The first-order valence-electron chi connectivity index (χ1n) is 20.7. The average molecular weight is 840 g/mol. The number of ether oxygens (including phenoxy) is 2. The summed E-state index contributed by atoms with van der Waals surface area (Å²) in [5.41, 5.74) is -0.0133. The van der Waals surface area contributed by atoms with Crippen molar-refractivity contribution in [2.45, 2.75) is 135 Å². The number of allylic oxidation sites excluding steroid dienone is 2. The van der Waals surface area contributed by atoms with E-state index in [2.05, 4.69) is 43.6 Å². The molecule has 1 aromatic carbocycles. The number of aliphatic hydroxyl groups excluding tert-OH is 3. The predicted octanol–water partition coefficient (Wildman–Crippen LogP) is 1.87. The van der Waals surface area contributed by atoms with Crippen LogP contribution in [0.1, 0.15) is 111 Å². The number of nitrogens with zero attached hydrogens (tertiary/aromatic N) is 1. The first kappa shape index (κ1) is 53.8. The van der Waals surface area contributed by atoms with Crippen molar-refractivity contribution in [1.29, 1.82) is 0 Å². The van der Waals surface area contributed by atoms with Gasteiger partial charge in [-0.25, -0.2) is 4.79 Å². The molecule has 0 saturated heterocycles. The van der Waals surface area contributed by atoms with Gasteiger partial charge in [0.05, 0.1) is 30.8 Å². The van der Waals surface area contributed by atoms with Gasteiger partial charge < -0.3 is 39.8 Å². The van der Waals surface area contributed by atoms with Crippen LogP contribution < -0.4 is 34.7 Å². The molecule has 11 nitrogen and oxygen atoms in total. The molecule has 9 atom stereocenters. The molecule has 0 amide bonds. The Bertz CT molecular complexity index is 1510. The summed E-state index contributed by atoms with van der Waals surface area (Å²) in [6.45, 7) is 12.6. The molecule has 58 heavy (non-hydrogen) atoms. The number of hydrogen-bond acceptors (Lipinski definition) is 11. The van der Waals surface area contributed by atoms with Crippen molar-refractivity contribution in [2.75, 3.05) is 26.2 Å². The third-order valence-corrected chi connectivity index (χ3v) is 11.8. The van der Waals surface area contributed by atoms with Gasteiger partial charge in [0, 0.05) is 30.6 Å². The number of carboxylic acid groups (broad SMARTS) is 1. The number of rotatable bonds is 17. The fourth-order valence-electron chi connectivity index (χ4n) is 8.12. The van der Waals surface area contributed by atoms with Crippen LogP contribution in [-0.2, 0) is 29.5 Å². The van der Waals surface area contributed by atoms with E-state index in [0.717, 1.165) is 50.8 Å². The molecule has 0 aromatic heterocycles. The van der Waals surface area contributed by atoms with Crippen LogP contribution in [0.25, 0.3) is 0 Å². The van der Waals surface area contributed by atoms with Crippen LogP contribution in [0.3, 0.4) is 0 Å². The molecule has 0 radical (unpaired) electrons. The quantitative estimate of drug-likeness (QED) is 0.102. The molecule has 1 unspecified atom stereocenters. The van der Waals surface area contributed by atoms with E-state index < -0.39 is 48.4 Å². The van der Waals surface area contributed by atoms with E-state index in [0.29, 0.717) is 37.8 Å². The Morgan fingerprint density at radius 3 is 2.28 bits per heavy atom. The summed E-state index contributed by atoms with van der Waals surface area (Å²) in [5.74, 6) is 3.65. The molecule has 13 heteroatoms. The van der Waals surface area contributed by atoms with E-state index in [1.807, 2.05) is 56.3 Å². The minimum Gasteiger partial charge on any atom is -0.550 e. The van der Waals surface area contributed by atoms with Crippen LogP contribution >= 0.6 is 12.4 Å². The van der Waals surface area contributed by atoms with Gasteiger partial charge in [0.25, 0.3) is 0 Å². The molecule has 320 valence electrons. The first-order valence-corrected chi connectivity index (χ1v) is 20.7. The molecular formula is C45H67ClNNaO10. The van der Waals surface area contributed by atoms with Crippen molar-refractivity contribution in [3.05, 3.63) is 59.7 Å².